The quantitative estimate of drug-likeness (QED) is 0.759. The van der Waals surface area contributed by atoms with Crippen LogP contribution in [0, 0.1) is 0 Å². The molecule has 0 saturated heterocycles. The van der Waals surface area contributed by atoms with Gasteiger partial charge in [-0.25, -0.2) is 5.01 Å². The van der Waals surface area contributed by atoms with Gasteiger partial charge in [-0.15, -0.1) is 5.10 Å². The van der Waals surface area contributed by atoms with Gasteiger partial charge in [0.25, 0.3) is 0 Å². The molecule has 1 atom stereocenters. The van der Waals surface area contributed by atoms with E-state index in [0.717, 1.165) is 0 Å². The lowest BCUT2D eigenvalue weighted by atomic mass is 9.90. The zero-order valence-electron chi connectivity index (χ0n) is 9.78. The molecule has 0 bridgehead atoms. The van der Waals surface area contributed by atoms with E-state index in [4.69, 9.17) is 4.74 Å². The van der Waals surface area contributed by atoms with E-state index in [1.807, 2.05) is 5.01 Å². The molecular weight excluding hydrogens is 224 g/mol. The van der Waals surface area contributed by atoms with Crippen molar-refractivity contribution in [2.45, 2.75) is 6.04 Å². The van der Waals surface area contributed by atoms with Crippen LogP contribution in [0.15, 0.2) is 47.6 Å². The fourth-order valence-electron chi connectivity index (χ4n) is 2.73. The molecule has 0 aromatic heterocycles. The van der Waals surface area contributed by atoms with Crippen molar-refractivity contribution in [1.82, 2.24) is 5.01 Å². The van der Waals surface area contributed by atoms with Crippen LogP contribution in [-0.4, -0.2) is 18.1 Å². The van der Waals surface area contributed by atoms with E-state index in [9.17, 15) is 0 Å². The minimum absolute atomic E-state index is 0.169. The Morgan fingerprint density at radius 1 is 1.17 bits per heavy atom. The minimum atomic E-state index is 0.169. The average Bonchev–Trinajstić information content (AvgIpc) is 2.94. The average molecular weight is 236 g/mol. The normalized spacial score (nSPS) is 20.4. The molecule has 4 rings (SSSR count). The molecule has 2 aliphatic rings. The van der Waals surface area contributed by atoms with E-state index < -0.39 is 0 Å². The lowest BCUT2D eigenvalue weighted by Crippen LogP contribution is -2.21. The van der Waals surface area contributed by atoms with Crippen molar-refractivity contribution in [3.63, 3.8) is 0 Å². The Hall–Kier alpha value is -2.29. The summed E-state index contributed by atoms with van der Waals surface area (Å²) in [6, 6.07) is 13.0. The maximum absolute atomic E-state index is 5.19. The number of ether oxygens (including phenoxy) is 1. The lowest BCUT2D eigenvalue weighted by Gasteiger charge is -2.26. The molecule has 0 fully saturated rings. The third kappa shape index (κ3) is 1.27. The van der Waals surface area contributed by atoms with Crippen molar-refractivity contribution in [2.24, 2.45) is 5.10 Å². The Morgan fingerprint density at radius 3 is 2.89 bits per heavy atom. The third-order valence-electron chi connectivity index (χ3n) is 3.54. The molecular formula is C15H12N2O. The molecule has 3 nitrogen and oxygen atoms in total. The number of hydrazone groups is 1. The predicted molar refractivity (Wildman–Crippen MR) is 72.0 cm³/mol. The number of rotatable bonds is 1. The van der Waals surface area contributed by atoms with E-state index in [1.54, 1.807) is 0 Å². The van der Waals surface area contributed by atoms with Gasteiger partial charge in [0.1, 0.15) is 0 Å². The van der Waals surface area contributed by atoms with E-state index in [-0.39, 0.29) is 6.04 Å². The first-order valence-corrected chi connectivity index (χ1v) is 6.04. The van der Waals surface area contributed by atoms with Crippen LogP contribution in [0.25, 0.3) is 16.8 Å². The van der Waals surface area contributed by atoms with Crippen molar-refractivity contribution in [3.05, 3.63) is 53.6 Å². The van der Waals surface area contributed by atoms with Gasteiger partial charge in [0.05, 0.1) is 6.04 Å². The summed E-state index contributed by atoms with van der Waals surface area (Å²) in [5, 5.41) is 8.82. The number of hydrogen-bond donors (Lipinski definition) is 0. The first-order valence-electron chi connectivity index (χ1n) is 6.04. The summed E-state index contributed by atoms with van der Waals surface area (Å²) < 4.78 is 5.19. The van der Waals surface area contributed by atoms with Crippen LogP contribution in [0.3, 0.4) is 0 Å². The number of nitrogens with zero attached hydrogens (tertiary/aromatic N) is 2. The molecule has 18 heavy (non-hydrogen) atoms. The SMILES string of the molecule is C1=CC(N2COC=N2)c2cccc3cccc1c23. The molecule has 2 aromatic carbocycles. The van der Waals surface area contributed by atoms with E-state index in [2.05, 4.69) is 53.7 Å². The first kappa shape index (κ1) is 9.71. The standard InChI is InChI=1S/C15H12N2O/c1-3-11-5-2-6-13-14(17-10-18-9-16-17)8-7-12(4-1)15(11)13/h1-9,14H,10H2. The highest BCUT2D eigenvalue weighted by molar-refractivity contribution is 5.95. The largest absolute Gasteiger partial charge is 0.460 e. The Bertz CT molecular complexity index is 670. The molecule has 2 aromatic rings. The van der Waals surface area contributed by atoms with Crippen molar-refractivity contribution in [2.75, 3.05) is 6.73 Å². The Balaban J connectivity index is 1.95. The Kier molecular flexibility index (Phi) is 1.94. The fourth-order valence-corrected chi connectivity index (χ4v) is 2.73. The van der Waals surface area contributed by atoms with Gasteiger partial charge < -0.3 is 4.74 Å². The summed E-state index contributed by atoms with van der Waals surface area (Å²) >= 11 is 0. The van der Waals surface area contributed by atoms with Gasteiger partial charge in [-0.05, 0) is 21.9 Å². The molecule has 0 saturated carbocycles. The van der Waals surface area contributed by atoms with Crippen LogP contribution in [0.1, 0.15) is 17.2 Å². The molecule has 0 radical (unpaired) electrons. The van der Waals surface area contributed by atoms with Crippen LogP contribution in [0.4, 0.5) is 0 Å². The zero-order valence-corrected chi connectivity index (χ0v) is 9.78. The van der Waals surface area contributed by atoms with E-state index in [1.165, 1.54) is 28.3 Å². The lowest BCUT2D eigenvalue weighted by molar-refractivity contribution is 0.145. The van der Waals surface area contributed by atoms with Gasteiger partial charge in [0.2, 0.25) is 0 Å². The fraction of sp³-hybridized carbons (Fsp3) is 0.133. The topological polar surface area (TPSA) is 24.8 Å². The molecule has 0 spiro atoms. The third-order valence-corrected chi connectivity index (χ3v) is 3.54. The zero-order chi connectivity index (χ0) is 11.9. The van der Waals surface area contributed by atoms with E-state index >= 15 is 0 Å². The van der Waals surface area contributed by atoms with E-state index in [0.29, 0.717) is 6.73 Å². The molecule has 0 N–H and O–H groups in total. The molecule has 1 aliphatic carbocycles. The van der Waals surface area contributed by atoms with Crippen LogP contribution in [-0.2, 0) is 4.74 Å². The van der Waals surface area contributed by atoms with Crippen molar-refractivity contribution < 1.29 is 4.74 Å². The van der Waals surface area contributed by atoms with Crippen LogP contribution in [0.5, 0.6) is 0 Å². The second-order valence-corrected chi connectivity index (χ2v) is 4.55. The second-order valence-electron chi connectivity index (χ2n) is 4.55. The number of hydrogen-bond acceptors (Lipinski definition) is 3. The summed E-state index contributed by atoms with van der Waals surface area (Å²) in [4.78, 5) is 0. The maximum atomic E-state index is 5.19. The van der Waals surface area contributed by atoms with Gasteiger partial charge in [-0.1, -0.05) is 48.6 Å². The van der Waals surface area contributed by atoms with Crippen LogP contribution >= 0.6 is 0 Å². The molecule has 3 heteroatoms. The molecule has 88 valence electrons. The highest BCUT2D eigenvalue weighted by Crippen LogP contribution is 2.36. The van der Waals surface area contributed by atoms with Gasteiger partial charge in [-0.3, -0.25) is 0 Å². The van der Waals surface area contributed by atoms with Crippen molar-refractivity contribution in [3.8, 4) is 0 Å². The highest BCUT2D eigenvalue weighted by Gasteiger charge is 2.24. The summed E-state index contributed by atoms with van der Waals surface area (Å²) in [6.45, 7) is 0.521. The predicted octanol–water partition coefficient (Wildman–Crippen LogP) is 3.14. The van der Waals surface area contributed by atoms with Gasteiger partial charge in [0, 0.05) is 0 Å². The van der Waals surface area contributed by atoms with Gasteiger partial charge in [0.15, 0.2) is 13.1 Å². The highest BCUT2D eigenvalue weighted by atomic mass is 16.5. The summed E-state index contributed by atoms with van der Waals surface area (Å²) in [5.74, 6) is 0. The van der Waals surface area contributed by atoms with Crippen molar-refractivity contribution in [1.29, 1.82) is 0 Å². The van der Waals surface area contributed by atoms with Gasteiger partial charge >= 0.3 is 0 Å². The Morgan fingerprint density at radius 2 is 2.06 bits per heavy atom. The molecule has 1 heterocycles. The first-order chi connectivity index (χ1) is 8.93. The maximum Gasteiger partial charge on any atom is 0.195 e. The summed E-state index contributed by atoms with van der Waals surface area (Å²) in [5.41, 5.74) is 2.58. The smallest absolute Gasteiger partial charge is 0.195 e. The number of benzene rings is 2. The minimum Gasteiger partial charge on any atom is -0.460 e. The van der Waals surface area contributed by atoms with Crippen LogP contribution < -0.4 is 0 Å². The monoisotopic (exact) mass is 236 g/mol. The molecule has 0 amide bonds. The van der Waals surface area contributed by atoms with Crippen molar-refractivity contribution >= 4 is 23.2 Å². The second kappa shape index (κ2) is 3.60. The molecule has 1 aliphatic heterocycles. The Labute approximate surface area is 105 Å². The summed E-state index contributed by atoms with van der Waals surface area (Å²) in [6.07, 6.45) is 5.87. The summed E-state index contributed by atoms with van der Waals surface area (Å²) in [7, 11) is 0. The molecule has 1 unspecified atom stereocenters. The van der Waals surface area contributed by atoms with Crippen LogP contribution in [0.2, 0.25) is 0 Å². The van der Waals surface area contributed by atoms with Gasteiger partial charge in [-0.2, -0.15) is 0 Å².